The number of rotatable bonds is 5. The molecule has 0 saturated carbocycles. The molecule has 0 aliphatic heterocycles. The van der Waals surface area contributed by atoms with Crippen LogP contribution in [0.5, 0.6) is 0 Å². The first-order chi connectivity index (χ1) is 12.0. The predicted octanol–water partition coefficient (Wildman–Crippen LogP) is 3.18. The summed E-state index contributed by atoms with van der Waals surface area (Å²) in [6.45, 7) is 0. The molecular formula is C16H13ClFN5OS. The zero-order chi connectivity index (χ0) is 17.8. The Labute approximate surface area is 152 Å². The second kappa shape index (κ2) is 7.54. The zero-order valence-corrected chi connectivity index (χ0v) is 14.4. The van der Waals surface area contributed by atoms with E-state index < -0.39 is 11.7 Å². The number of nitrogens with one attached hydrogen (secondary N) is 1. The summed E-state index contributed by atoms with van der Waals surface area (Å²) in [5.41, 5.74) is 0.840. The lowest BCUT2D eigenvalue weighted by molar-refractivity contribution is -0.113. The van der Waals surface area contributed by atoms with E-state index in [4.69, 9.17) is 17.4 Å². The smallest absolute Gasteiger partial charge is 0.234 e. The maximum Gasteiger partial charge on any atom is 0.234 e. The first-order valence-corrected chi connectivity index (χ1v) is 8.54. The average molecular weight is 378 g/mol. The molecule has 3 rings (SSSR count). The minimum atomic E-state index is -0.559. The number of nitrogen functional groups attached to an aromatic ring is 1. The number of amides is 1. The van der Waals surface area contributed by atoms with Crippen molar-refractivity contribution in [1.29, 1.82) is 0 Å². The highest BCUT2D eigenvalue weighted by atomic mass is 35.5. The summed E-state index contributed by atoms with van der Waals surface area (Å²) < 4.78 is 14.9. The number of carbonyl (C=O) groups is 1. The number of thioether (sulfide) groups is 1. The van der Waals surface area contributed by atoms with E-state index in [0.29, 0.717) is 16.0 Å². The number of hydrogen-bond donors (Lipinski definition) is 2. The molecule has 0 saturated heterocycles. The van der Waals surface area contributed by atoms with Crippen LogP contribution in [0.15, 0.2) is 53.7 Å². The molecule has 25 heavy (non-hydrogen) atoms. The Morgan fingerprint density at radius 2 is 2.00 bits per heavy atom. The first kappa shape index (κ1) is 17.2. The fourth-order valence-electron chi connectivity index (χ4n) is 2.07. The van der Waals surface area contributed by atoms with Crippen molar-refractivity contribution in [2.24, 2.45) is 0 Å². The number of nitrogens with zero attached hydrogens (tertiary/aromatic N) is 3. The molecule has 3 N–H and O–H groups in total. The van der Waals surface area contributed by atoms with E-state index in [1.54, 1.807) is 0 Å². The number of nitrogens with two attached hydrogens (primary N) is 1. The van der Waals surface area contributed by atoms with Gasteiger partial charge in [0.1, 0.15) is 5.82 Å². The summed E-state index contributed by atoms with van der Waals surface area (Å²) in [6, 6.07) is 13.3. The molecule has 128 valence electrons. The summed E-state index contributed by atoms with van der Waals surface area (Å²) >= 11 is 6.89. The second-order valence-corrected chi connectivity index (χ2v) is 6.38. The van der Waals surface area contributed by atoms with E-state index in [1.807, 2.05) is 30.3 Å². The second-order valence-electron chi connectivity index (χ2n) is 5.00. The number of halogens is 2. The molecule has 2 aromatic carbocycles. The van der Waals surface area contributed by atoms with E-state index in [2.05, 4.69) is 15.5 Å². The third-order valence-electron chi connectivity index (χ3n) is 3.23. The van der Waals surface area contributed by atoms with Crippen LogP contribution in [0.1, 0.15) is 0 Å². The molecule has 0 aliphatic rings. The Morgan fingerprint density at radius 3 is 2.76 bits per heavy atom. The van der Waals surface area contributed by atoms with Gasteiger partial charge in [-0.25, -0.2) is 9.07 Å². The van der Waals surface area contributed by atoms with Crippen LogP contribution in [-0.2, 0) is 4.79 Å². The van der Waals surface area contributed by atoms with Crippen LogP contribution in [0.3, 0.4) is 0 Å². The van der Waals surface area contributed by atoms with Crippen LogP contribution >= 0.6 is 23.4 Å². The number of benzene rings is 2. The van der Waals surface area contributed by atoms with Crippen molar-refractivity contribution < 1.29 is 9.18 Å². The molecule has 0 unspecified atom stereocenters. The Hall–Kier alpha value is -2.58. The molecule has 1 amide bonds. The van der Waals surface area contributed by atoms with Crippen LogP contribution in [0.2, 0.25) is 5.02 Å². The third-order valence-corrected chi connectivity index (χ3v) is 4.41. The zero-order valence-electron chi connectivity index (χ0n) is 12.8. The van der Waals surface area contributed by atoms with Crippen LogP contribution in [0, 0.1) is 5.82 Å². The largest absolute Gasteiger partial charge is 0.335 e. The highest BCUT2D eigenvalue weighted by Crippen LogP contribution is 2.23. The summed E-state index contributed by atoms with van der Waals surface area (Å²) in [5, 5.41) is 11.2. The maximum absolute atomic E-state index is 13.6. The first-order valence-electron chi connectivity index (χ1n) is 7.18. The van der Waals surface area contributed by atoms with Crippen LogP contribution < -0.4 is 11.2 Å². The molecule has 0 fully saturated rings. The van der Waals surface area contributed by atoms with Gasteiger partial charge in [0, 0.05) is 10.6 Å². The molecule has 0 bridgehead atoms. The quantitative estimate of drug-likeness (QED) is 0.527. The molecule has 3 aromatic rings. The van der Waals surface area contributed by atoms with E-state index in [1.165, 1.54) is 22.9 Å². The van der Waals surface area contributed by atoms with Crippen molar-refractivity contribution in [3.8, 4) is 11.4 Å². The molecule has 1 aromatic heterocycles. The number of hydrogen-bond acceptors (Lipinski definition) is 5. The minimum absolute atomic E-state index is 0.00389. The van der Waals surface area contributed by atoms with E-state index in [-0.39, 0.29) is 11.4 Å². The van der Waals surface area contributed by atoms with Gasteiger partial charge in [0.05, 0.1) is 11.4 Å². The summed E-state index contributed by atoms with van der Waals surface area (Å²) in [7, 11) is 0. The molecule has 0 aliphatic carbocycles. The lowest BCUT2D eigenvalue weighted by Crippen LogP contribution is -2.17. The standard InChI is InChI=1S/C16H13ClFN5OS/c17-11-6-7-12(18)13(8-11)20-14(24)9-25-16-22-21-15(23(16)19)10-4-2-1-3-5-10/h1-8H,9,19H2,(H,20,24). The van der Waals surface area contributed by atoms with Gasteiger partial charge in [-0.1, -0.05) is 53.7 Å². The maximum atomic E-state index is 13.6. The molecular weight excluding hydrogens is 365 g/mol. The Bertz CT molecular complexity index is 903. The number of aromatic nitrogens is 3. The molecule has 0 atom stereocenters. The number of carbonyl (C=O) groups excluding carboxylic acids is 1. The van der Waals surface area contributed by atoms with Crippen molar-refractivity contribution in [3.05, 3.63) is 59.4 Å². The molecule has 6 nitrogen and oxygen atoms in total. The number of anilines is 1. The van der Waals surface area contributed by atoms with Gasteiger partial charge in [-0.15, -0.1) is 10.2 Å². The van der Waals surface area contributed by atoms with Crippen molar-refractivity contribution in [1.82, 2.24) is 14.9 Å². The fraction of sp³-hybridized carbons (Fsp3) is 0.0625. The van der Waals surface area contributed by atoms with Gasteiger partial charge in [0.25, 0.3) is 0 Å². The lowest BCUT2D eigenvalue weighted by atomic mass is 10.2. The van der Waals surface area contributed by atoms with Crippen LogP contribution in [0.25, 0.3) is 11.4 Å². The van der Waals surface area contributed by atoms with E-state index in [0.717, 1.165) is 17.3 Å². The third kappa shape index (κ3) is 4.09. The van der Waals surface area contributed by atoms with Crippen LogP contribution in [-0.4, -0.2) is 26.5 Å². The van der Waals surface area contributed by atoms with Gasteiger partial charge in [-0.05, 0) is 18.2 Å². The van der Waals surface area contributed by atoms with Gasteiger partial charge in [-0.2, -0.15) is 0 Å². The van der Waals surface area contributed by atoms with Crippen molar-refractivity contribution in [2.75, 3.05) is 16.9 Å². The Kier molecular flexibility index (Phi) is 5.20. The molecule has 0 spiro atoms. The Morgan fingerprint density at radius 1 is 1.24 bits per heavy atom. The fourth-order valence-corrected chi connectivity index (χ4v) is 2.90. The predicted molar refractivity (Wildman–Crippen MR) is 96.4 cm³/mol. The lowest BCUT2D eigenvalue weighted by Gasteiger charge is -2.07. The molecule has 0 radical (unpaired) electrons. The topological polar surface area (TPSA) is 85.8 Å². The van der Waals surface area contributed by atoms with Gasteiger partial charge < -0.3 is 11.2 Å². The normalized spacial score (nSPS) is 10.6. The highest BCUT2D eigenvalue weighted by molar-refractivity contribution is 7.99. The minimum Gasteiger partial charge on any atom is -0.335 e. The van der Waals surface area contributed by atoms with Gasteiger partial charge in [-0.3, -0.25) is 4.79 Å². The molecule has 9 heteroatoms. The summed E-state index contributed by atoms with van der Waals surface area (Å²) in [5.74, 6) is 5.50. The van der Waals surface area contributed by atoms with Crippen LogP contribution in [0.4, 0.5) is 10.1 Å². The SMILES string of the molecule is Nn1c(SCC(=O)Nc2cc(Cl)ccc2F)nnc1-c1ccccc1. The average Bonchev–Trinajstić information content (AvgIpc) is 2.98. The van der Waals surface area contributed by atoms with Gasteiger partial charge in [0.15, 0.2) is 5.82 Å². The van der Waals surface area contributed by atoms with Gasteiger partial charge >= 0.3 is 0 Å². The van der Waals surface area contributed by atoms with Gasteiger partial charge in [0.2, 0.25) is 11.1 Å². The highest BCUT2D eigenvalue weighted by Gasteiger charge is 2.14. The molecule has 1 heterocycles. The summed E-state index contributed by atoms with van der Waals surface area (Å²) in [6.07, 6.45) is 0. The van der Waals surface area contributed by atoms with Crippen molar-refractivity contribution in [2.45, 2.75) is 5.16 Å². The van der Waals surface area contributed by atoms with Crippen molar-refractivity contribution >= 4 is 35.0 Å². The van der Waals surface area contributed by atoms with E-state index >= 15 is 0 Å². The van der Waals surface area contributed by atoms with Crippen molar-refractivity contribution in [3.63, 3.8) is 0 Å². The summed E-state index contributed by atoms with van der Waals surface area (Å²) in [4.78, 5) is 12.0. The Balaban J connectivity index is 1.65. The van der Waals surface area contributed by atoms with E-state index in [9.17, 15) is 9.18 Å². The monoisotopic (exact) mass is 377 g/mol.